The minimum atomic E-state index is 0.174. The molecule has 2 atom stereocenters. The molecule has 1 heterocycles. The molecule has 2 unspecified atom stereocenters. The molecule has 0 spiro atoms. The van der Waals surface area contributed by atoms with Crippen LogP contribution in [0.4, 0.5) is 5.69 Å². The summed E-state index contributed by atoms with van der Waals surface area (Å²) in [6, 6.07) is 8.06. The minimum absolute atomic E-state index is 0.174. The summed E-state index contributed by atoms with van der Waals surface area (Å²) in [5, 5.41) is 0. The van der Waals surface area contributed by atoms with Crippen LogP contribution in [-0.4, -0.2) is 15.7 Å². The quantitative estimate of drug-likeness (QED) is 0.860. The van der Waals surface area contributed by atoms with Gasteiger partial charge in [-0.3, -0.25) is 0 Å². The highest BCUT2D eigenvalue weighted by molar-refractivity contribution is 5.51. The molecule has 0 amide bonds. The summed E-state index contributed by atoms with van der Waals surface area (Å²) >= 11 is 0. The fraction of sp³-hybridized carbons (Fsp3) is 0.400. The fourth-order valence-corrected chi connectivity index (χ4v) is 2.77. The summed E-state index contributed by atoms with van der Waals surface area (Å²) in [6.07, 6.45) is 10.5. The van der Waals surface area contributed by atoms with Crippen molar-refractivity contribution in [3.05, 3.63) is 43.0 Å². The summed E-state index contributed by atoms with van der Waals surface area (Å²) in [4.78, 5) is 4.14. The van der Waals surface area contributed by atoms with Crippen molar-refractivity contribution in [2.24, 2.45) is 0 Å². The predicted octanol–water partition coefficient (Wildman–Crippen LogP) is 3.03. The number of nitrogen functional groups attached to an aromatic ring is 1. The van der Waals surface area contributed by atoms with Gasteiger partial charge in [-0.05, 0) is 31.4 Å². The van der Waals surface area contributed by atoms with Crippen molar-refractivity contribution in [3.63, 3.8) is 0 Å². The zero-order valence-electron chi connectivity index (χ0n) is 10.9. The largest absolute Gasteiger partial charge is 0.486 e. The average Bonchev–Trinajstić information content (AvgIpc) is 2.96. The van der Waals surface area contributed by atoms with Gasteiger partial charge in [0.1, 0.15) is 11.9 Å². The zero-order chi connectivity index (χ0) is 13.1. The lowest BCUT2D eigenvalue weighted by Gasteiger charge is -2.33. The molecule has 0 radical (unpaired) electrons. The maximum Gasteiger partial charge on any atom is 0.142 e. The average molecular weight is 257 g/mol. The van der Waals surface area contributed by atoms with Crippen molar-refractivity contribution in [3.8, 4) is 5.75 Å². The predicted molar refractivity (Wildman–Crippen MR) is 75.0 cm³/mol. The van der Waals surface area contributed by atoms with Crippen molar-refractivity contribution >= 4 is 5.69 Å². The van der Waals surface area contributed by atoms with E-state index in [9.17, 15) is 0 Å². The molecule has 19 heavy (non-hydrogen) atoms. The van der Waals surface area contributed by atoms with E-state index in [4.69, 9.17) is 10.5 Å². The van der Waals surface area contributed by atoms with Gasteiger partial charge in [-0.2, -0.15) is 0 Å². The van der Waals surface area contributed by atoms with Crippen LogP contribution in [0.15, 0.2) is 43.0 Å². The highest BCUT2D eigenvalue weighted by Gasteiger charge is 2.28. The van der Waals surface area contributed by atoms with Crippen molar-refractivity contribution < 1.29 is 4.74 Å². The number of rotatable bonds is 3. The van der Waals surface area contributed by atoms with Gasteiger partial charge in [0.25, 0.3) is 0 Å². The van der Waals surface area contributed by atoms with Crippen molar-refractivity contribution in [2.45, 2.75) is 37.8 Å². The Morgan fingerprint density at radius 1 is 1.21 bits per heavy atom. The lowest BCUT2D eigenvalue weighted by Crippen LogP contribution is -2.32. The van der Waals surface area contributed by atoms with E-state index < -0.39 is 0 Å². The van der Waals surface area contributed by atoms with E-state index in [0.29, 0.717) is 11.7 Å². The van der Waals surface area contributed by atoms with E-state index >= 15 is 0 Å². The molecule has 0 saturated heterocycles. The Labute approximate surface area is 113 Å². The number of nitrogens with zero attached hydrogens (tertiary/aromatic N) is 2. The second-order valence-corrected chi connectivity index (χ2v) is 5.06. The lowest BCUT2D eigenvalue weighted by atomic mass is 9.92. The maximum atomic E-state index is 6.15. The van der Waals surface area contributed by atoms with Crippen LogP contribution in [0, 0.1) is 0 Å². The molecule has 0 aliphatic heterocycles. The van der Waals surface area contributed by atoms with Crippen LogP contribution in [0.2, 0.25) is 0 Å². The number of benzene rings is 1. The third kappa shape index (κ3) is 2.57. The summed E-state index contributed by atoms with van der Waals surface area (Å²) in [5.74, 6) is 0.791. The van der Waals surface area contributed by atoms with Crippen molar-refractivity contribution in [2.75, 3.05) is 5.73 Å². The summed E-state index contributed by atoms with van der Waals surface area (Å²) < 4.78 is 8.30. The molecule has 3 rings (SSSR count). The Bertz CT molecular complexity index is 524. The van der Waals surface area contributed by atoms with Gasteiger partial charge < -0.3 is 15.0 Å². The number of para-hydroxylation sites is 2. The van der Waals surface area contributed by atoms with Crippen molar-refractivity contribution in [1.82, 2.24) is 9.55 Å². The number of imidazole rings is 1. The van der Waals surface area contributed by atoms with Gasteiger partial charge in [-0.15, -0.1) is 0 Å². The summed E-state index contributed by atoms with van der Waals surface area (Å²) in [7, 11) is 0. The van der Waals surface area contributed by atoms with E-state index in [2.05, 4.69) is 9.55 Å². The third-order valence-corrected chi connectivity index (χ3v) is 3.77. The molecule has 100 valence electrons. The third-order valence-electron chi connectivity index (χ3n) is 3.77. The molecule has 1 aliphatic carbocycles. The lowest BCUT2D eigenvalue weighted by molar-refractivity contribution is 0.0985. The Kier molecular flexibility index (Phi) is 3.40. The standard InChI is InChI=1S/C15H19N3O/c16-12-5-1-3-7-14(12)19-15-8-4-2-6-13(15)18-10-9-17-11-18/h1,3,5,7,9-11,13,15H,2,4,6,8,16H2. The Balaban J connectivity index is 1.80. The molecule has 1 aliphatic rings. The zero-order valence-corrected chi connectivity index (χ0v) is 10.9. The first-order valence-electron chi connectivity index (χ1n) is 6.83. The van der Waals surface area contributed by atoms with Gasteiger partial charge in [-0.1, -0.05) is 18.6 Å². The first-order valence-corrected chi connectivity index (χ1v) is 6.83. The Morgan fingerprint density at radius 3 is 2.84 bits per heavy atom. The van der Waals surface area contributed by atoms with Crippen LogP contribution in [0.25, 0.3) is 0 Å². The maximum absolute atomic E-state index is 6.15. The van der Waals surface area contributed by atoms with E-state index in [1.165, 1.54) is 12.8 Å². The molecule has 4 nitrogen and oxygen atoms in total. The van der Waals surface area contributed by atoms with Crippen LogP contribution in [0.3, 0.4) is 0 Å². The summed E-state index contributed by atoms with van der Waals surface area (Å²) in [5.41, 5.74) is 6.66. The molecule has 2 N–H and O–H groups in total. The molecular formula is C15H19N3O. The number of hydrogen-bond donors (Lipinski definition) is 1. The van der Waals surface area contributed by atoms with Gasteiger partial charge in [-0.25, -0.2) is 4.98 Å². The van der Waals surface area contributed by atoms with E-state index in [1.54, 1.807) is 0 Å². The number of nitrogens with two attached hydrogens (primary N) is 1. The summed E-state index contributed by atoms with van der Waals surface area (Å²) in [6.45, 7) is 0. The Morgan fingerprint density at radius 2 is 2.05 bits per heavy atom. The minimum Gasteiger partial charge on any atom is -0.486 e. The van der Waals surface area contributed by atoms with Gasteiger partial charge in [0.2, 0.25) is 0 Å². The molecule has 4 heteroatoms. The molecule has 1 aromatic heterocycles. The SMILES string of the molecule is Nc1ccccc1OC1CCCCC1n1ccnc1. The van der Waals surface area contributed by atoms with E-state index in [0.717, 1.165) is 18.6 Å². The number of anilines is 1. The Hall–Kier alpha value is -1.97. The topological polar surface area (TPSA) is 53.1 Å². The van der Waals surface area contributed by atoms with Gasteiger partial charge in [0.15, 0.2) is 0 Å². The normalized spacial score (nSPS) is 23.2. The highest BCUT2D eigenvalue weighted by atomic mass is 16.5. The molecule has 0 bridgehead atoms. The van der Waals surface area contributed by atoms with E-state index in [-0.39, 0.29) is 6.10 Å². The smallest absolute Gasteiger partial charge is 0.142 e. The fourth-order valence-electron chi connectivity index (χ4n) is 2.77. The second kappa shape index (κ2) is 5.34. The highest BCUT2D eigenvalue weighted by Crippen LogP contribution is 2.33. The number of aromatic nitrogens is 2. The van der Waals surface area contributed by atoms with Gasteiger partial charge in [0.05, 0.1) is 18.1 Å². The van der Waals surface area contributed by atoms with Gasteiger partial charge in [0, 0.05) is 12.4 Å². The number of ether oxygens (including phenoxy) is 1. The van der Waals surface area contributed by atoms with Crippen LogP contribution in [-0.2, 0) is 0 Å². The first kappa shape index (κ1) is 12.1. The molecule has 1 aromatic carbocycles. The molecule has 1 saturated carbocycles. The van der Waals surface area contributed by atoms with Crippen molar-refractivity contribution in [1.29, 1.82) is 0 Å². The molecule has 1 fully saturated rings. The van der Waals surface area contributed by atoms with E-state index in [1.807, 2.05) is 43.0 Å². The van der Waals surface area contributed by atoms with Crippen LogP contribution in [0.1, 0.15) is 31.7 Å². The monoisotopic (exact) mass is 257 g/mol. The molecule has 2 aromatic rings. The molecular weight excluding hydrogens is 238 g/mol. The second-order valence-electron chi connectivity index (χ2n) is 5.06. The van der Waals surface area contributed by atoms with Crippen LogP contribution < -0.4 is 10.5 Å². The van der Waals surface area contributed by atoms with Gasteiger partial charge >= 0.3 is 0 Å². The first-order chi connectivity index (χ1) is 9.34. The van der Waals surface area contributed by atoms with Crippen LogP contribution in [0.5, 0.6) is 5.75 Å². The number of hydrogen-bond acceptors (Lipinski definition) is 3. The van der Waals surface area contributed by atoms with Crippen LogP contribution >= 0.6 is 0 Å².